The Kier molecular flexibility index (Phi) is 6.37. The van der Waals surface area contributed by atoms with E-state index >= 15 is 0 Å². The number of pyridine rings is 1. The number of rotatable bonds is 7. The number of nitrogens with one attached hydrogen (secondary N) is 1. The first kappa shape index (κ1) is 20.7. The van der Waals surface area contributed by atoms with Crippen LogP contribution in [-0.2, 0) is 4.79 Å². The maximum absolute atomic E-state index is 14.9. The third-order valence-corrected chi connectivity index (χ3v) is 5.59. The molecule has 6 nitrogen and oxygen atoms in total. The molecule has 2 heterocycles. The molecule has 0 aliphatic rings. The lowest BCUT2D eigenvalue weighted by atomic mass is 10.1. The van der Waals surface area contributed by atoms with E-state index < -0.39 is 11.4 Å². The van der Waals surface area contributed by atoms with Crippen molar-refractivity contribution in [3.8, 4) is 11.5 Å². The Labute approximate surface area is 183 Å². The molecule has 0 radical (unpaired) electrons. The van der Waals surface area contributed by atoms with Crippen LogP contribution in [0.4, 0.5) is 10.1 Å². The lowest BCUT2D eigenvalue weighted by Crippen LogP contribution is -2.22. The lowest BCUT2D eigenvalue weighted by molar-refractivity contribution is -0.118. The Morgan fingerprint density at radius 3 is 2.32 bits per heavy atom. The Hall–Kier alpha value is -3.52. The summed E-state index contributed by atoms with van der Waals surface area (Å²) >= 11 is 0.719. The van der Waals surface area contributed by atoms with Gasteiger partial charge in [-0.25, -0.2) is 4.39 Å². The summed E-state index contributed by atoms with van der Waals surface area (Å²) in [4.78, 5) is 16.7. The summed E-state index contributed by atoms with van der Waals surface area (Å²) in [6.07, 6.45) is 1.67. The van der Waals surface area contributed by atoms with Crippen LogP contribution in [0.5, 0.6) is 0 Å². The molecule has 0 aliphatic heterocycles. The number of benzene rings is 2. The number of hydrogen-bond acceptors (Lipinski definition) is 5. The van der Waals surface area contributed by atoms with Gasteiger partial charge < -0.3 is 5.32 Å². The SMILES string of the molecule is CC(c1ccccc1)n1c(SC(F)C(=O)Nc2ccccc2)nnc1-c1ccccn1. The summed E-state index contributed by atoms with van der Waals surface area (Å²) in [5.74, 6) is -0.243. The molecule has 2 aromatic heterocycles. The molecule has 156 valence electrons. The Bertz CT molecular complexity index is 1140. The van der Waals surface area contributed by atoms with Crippen molar-refractivity contribution < 1.29 is 9.18 Å². The largest absolute Gasteiger partial charge is 0.323 e. The van der Waals surface area contributed by atoms with Crippen LogP contribution in [0, 0.1) is 0 Å². The Morgan fingerprint density at radius 2 is 1.65 bits per heavy atom. The summed E-state index contributed by atoms with van der Waals surface area (Å²) in [5.41, 5.74) is 0.297. The van der Waals surface area contributed by atoms with Crippen LogP contribution in [0.15, 0.2) is 90.2 Å². The summed E-state index contributed by atoms with van der Waals surface area (Å²) in [6, 6.07) is 23.8. The van der Waals surface area contributed by atoms with Crippen LogP contribution < -0.4 is 5.32 Å². The van der Waals surface area contributed by atoms with E-state index in [0.717, 1.165) is 17.3 Å². The molecule has 0 aliphatic carbocycles. The highest BCUT2D eigenvalue weighted by atomic mass is 32.2. The van der Waals surface area contributed by atoms with E-state index in [1.165, 1.54) is 0 Å². The van der Waals surface area contributed by atoms with Gasteiger partial charge in [-0.2, -0.15) is 0 Å². The van der Waals surface area contributed by atoms with E-state index in [1.54, 1.807) is 30.5 Å². The highest BCUT2D eigenvalue weighted by Gasteiger charge is 2.27. The summed E-state index contributed by atoms with van der Waals surface area (Å²) in [7, 11) is 0. The fourth-order valence-corrected chi connectivity index (χ4v) is 3.92. The van der Waals surface area contributed by atoms with Crippen LogP contribution in [0.2, 0.25) is 0 Å². The van der Waals surface area contributed by atoms with E-state index in [4.69, 9.17) is 0 Å². The maximum atomic E-state index is 14.9. The van der Waals surface area contributed by atoms with Crippen molar-refractivity contribution in [2.45, 2.75) is 23.6 Å². The molecular formula is C23H20FN5OS. The summed E-state index contributed by atoms with van der Waals surface area (Å²) < 4.78 is 16.7. The molecule has 0 spiro atoms. The quantitative estimate of drug-likeness (QED) is 0.416. The number of carbonyl (C=O) groups excluding carboxylic acids is 1. The first-order chi connectivity index (χ1) is 15.1. The lowest BCUT2D eigenvalue weighted by Gasteiger charge is -2.19. The van der Waals surface area contributed by atoms with Crippen LogP contribution in [0.3, 0.4) is 0 Å². The molecule has 1 N–H and O–H groups in total. The van der Waals surface area contributed by atoms with E-state index in [2.05, 4.69) is 20.5 Å². The molecule has 31 heavy (non-hydrogen) atoms. The van der Waals surface area contributed by atoms with Crippen molar-refractivity contribution in [3.05, 3.63) is 90.6 Å². The molecule has 0 saturated heterocycles. The minimum Gasteiger partial charge on any atom is -0.323 e. The van der Waals surface area contributed by atoms with Crippen LogP contribution in [0.25, 0.3) is 11.5 Å². The Morgan fingerprint density at radius 1 is 0.968 bits per heavy atom. The smallest absolute Gasteiger partial charge is 0.269 e. The zero-order valence-electron chi connectivity index (χ0n) is 16.7. The standard InChI is InChI=1S/C23H20FN5OS/c1-16(17-10-4-2-5-11-17)29-21(19-14-8-9-15-25-19)27-28-23(29)31-20(24)22(30)26-18-12-6-3-7-13-18/h2-16,20H,1H3,(H,26,30). The van der Waals surface area contributed by atoms with Gasteiger partial charge >= 0.3 is 0 Å². The second-order valence-corrected chi connectivity index (χ2v) is 7.78. The number of anilines is 1. The van der Waals surface area contributed by atoms with Crippen LogP contribution >= 0.6 is 11.8 Å². The number of carbonyl (C=O) groups is 1. The normalized spacial score (nSPS) is 12.8. The molecule has 0 bridgehead atoms. The third-order valence-electron chi connectivity index (χ3n) is 4.68. The molecule has 0 fully saturated rings. The minimum absolute atomic E-state index is 0.194. The maximum Gasteiger partial charge on any atom is 0.269 e. The average Bonchev–Trinajstić information content (AvgIpc) is 3.23. The number of aromatic nitrogens is 4. The van der Waals surface area contributed by atoms with Gasteiger partial charge in [-0.3, -0.25) is 14.3 Å². The molecule has 4 rings (SSSR count). The molecule has 2 atom stereocenters. The highest BCUT2D eigenvalue weighted by Crippen LogP contribution is 2.32. The number of amides is 1. The molecular weight excluding hydrogens is 413 g/mol. The Balaban J connectivity index is 1.64. The zero-order valence-corrected chi connectivity index (χ0v) is 17.5. The van der Waals surface area contributed by atoms with Gasteiger partial charge in [0.05, 0.1) is 6.04 Å². The predicted molar refractivity (Wildman–Crippen MR) is 119 cm³/mol. The first-order valence-electron chi connectivity index (χ1n) is 9.71. The fraction of sp³-hybridized carbons (Fsp3) is 0.130. The van der Waals surface area contributed by atoms with Crippen LogP contribution in [-0.4, -0.2) is 31.2 Å². The molecule has 2 aromatic carbocycles. The van der Waals surface area contributed by atoms with Gasteiger partial charge in [0.25, 0.3) is 5.91 Å². The van der Waals surface area contributed by atoms with E-state index in [9.17, 15) is 9.18 Å². The molecule has 4 aromatic rings. The number of halogens is 1. The zero-order chi connectivity index (χ0) is 21.6. The molecule has 1 amide bonds. The van der Waals surface area contributed by atoms with Crippen molar-refractivity contribution in [1.29, 1.82) is 0 Å². The topological polar surface area (TPSA) is 72.7 Å². The number of thioether (sulfide) groups is 1. The highest BCUT2D eigenvalue weighted by molar-refractivity contribution is 8.00. The van der Waals surface area contributed by atoms with Crippen molar-refractivity contribution in [2.24, 2.45) is 0 Å². The average molecular weight is 434 g/mol. The van der Waals surface area contributed by atoms with Crippen molar-refractivity contribution in [3.63, 3.8) is 0 Å². The number of alkyl halides is 1. The van der Waals surface area contributed by atoms with Crippen molar-refractivity contribution in [1.82, 2.24) is 19.7 Å². The molecule has 2 unspecified atom stereocenters. The van der Waals surface area contributed by atoms with Crippen molar-refractivity contribution >= 4 is 23.4 Å². The van der Waals surface area contributed by atoms with E-state index in [0.29, 0.717) is 22.4 Å². The van der Waals surface area contributed by atoms with Gasteiger partial charge in [0, 0.05) is 11.9 Å². The number of para-hydroxylation sites is 1. The van der Waals surface area contributed by atoms with E-state index in [-0.39, 0.29) is 6.04 Å². The first-order valence-corrected chi connectivity index (χ1v) is 10.6. The second kappa shape index (κ2) is 9.53. The molecule has 8 heteroatoms. The second-order valence-electron chi connectivity index (χ2n) is 6.77. The van der Waals surface area contributed by atoms with E-state index in [1.807, 2.05) is 66.1 Å². The van der Waals surface area contributed by atoms with Crippen LogP contribution in [0.1, 0.15) is 18.5 Å². The molecule has 0 saturated carbocycles. The van der Waals surface area contributed by atoms with Gasteiger partial charge in [-0.05, 0) is 48.5 Å². The third kappa shape index (κ3) is 4.80. The predicted octanol–water partition coefficient (Wildman–Crippen LogP) is 4.98. The van der Waals surface area contributed by atoms with Gasteiger partial charge in [-0.1, -0.05) is 54.6 Å². The number of nitrogens with zero attached hydrogens (tertiary/aromatic N) is 4. The fourth-order valence-electron chi connectivity index (χ4n) is 3.12. The van der Waals surface area contributed by atoms with Gasteiger partial charge in [-0.15, -0.1) is 10.2 Å². The van der Waals surface area contributed by atoms with Gasteiger partial charge in [0.2, 0.25) is 5.50 Å². The van der Waals surface area contributed by atoms with Gasteiger partial charge in [0.15, 0.2) is 11.0 Å². The summed E-state index contributed by atoms with van der Waals surface area (Å²) in [5, 5.41) is 11.3. The van der Waals surface area contributed by atoms with Crippen molar-refractivity contribution in [2.75, 3.05) is 5.32 Å². The minimum atomic E-state index is -1.86. The monoisotopic (exact) mass is 433 g/mol. The number of hydrogen-bond donors (Lipinski definition) is 1. The van der Waals surface area contributed by atoms with Gasteiger partial charge in [0.1, 0.15) is 5.69 Å². The summed E-state index contributed by atoms with van der Waals surface area (Å²) in [6.45, 7) is 1.98.